The molecule has 7 heteroatoms. The van der Waals surface area contributed by atoms with Gasteiger partial charge in [0.2, 0.25) is 10.0 Å². The molecule has 0 atom stereocenters. The molecule has 0 unspecified atom stereocenters. The van der Waals surface area contributed by atoms with Crippen LogP contribution >= 0.6 is 12.2 Å². The van der Waals surface area contributed by atoms with E-state index < -0.39 is 10.0 Å². The molecule has 0 aliphatic heterocycles. The number of thiocarbonyl (C=S) groups is 1. The van der Waals surface area contributed by atoms with Crippen LogP contribution in [0, 0.1) is 0 Å². The van der Waals surface area contributed by atoms with Crippen molar-refractivity contribution < 1.29 is 13.2 Å². The van der Waals surface area contributed by atoms with E-state index in [9.17, 15) is 8.42 Å². The number of ether oxygens (including phenoxy) is 1. The minimum absolute atomic E-state index is 0.0774. The summed E-state index contributed by atoms with van der Waals surface area (Å²) in [5.41, 5.74) is 5.59. The number of anilines is 1. The first-order valence-electron chi connectivity index (χ1n) is 4.95. The molecule has 1 aromatic rings. The van der Waals surface area contributed by atoms with Crippen molar-refractivity contribution in [3.05, 3.63) is 24.3 Å². The van der Waals surface area contributed by atoms with Crippen LogP contribution in [-0.2, 0) is 10.0 Å². The van der Waals surface area contributed by atoms with E-state index in [-0.39, 0.29) is 10.7 Å². The van der Waals surface area contributed by atoms with Crippen molar-refractivity contribution in [3.63, 3.8) is 0 Å². The SMILES string of the molecule is CCOc1ccccc1NS(=O)(=O)CC(N)=S. The van der Waals surface area contributed by atoms with Gasteiger partial charge in [0, 0.05) is 0 Å². The van der Waals surface area contributed by atoms with E-state index in [1.165, 1.54) is 0 Å². The zero-order valence-corrected chi connectivity index (χ0v) is 11.0. The van der Waals surface area contributed by atoms with Crippen molar-refractivity contribution in [2.24, 2.45) is 5.73 Å². The predicted octanol–water partition coefficient (Wildman–Crippen LogP) is 1.11. The van der Waals surface area contributed by atoms with E-state index in [1.807, 2.05) is 6.92 Å². The molecule has 1 rings (SSSR count). The zero-order chi connectivity index (χ0) is 12.9. The van der Waals surface area contributed by atoms with E-state index in [1.54, 1.807) is 24.3 Å². The van der Waals surface area contributed by atoms with Crippen LogP contribution in [0.25, 0.3) is 0 Å². The fourth-order valence-corrected chi connectivity index (χ4v) is 2.64. The summed E-state index contributed by atoms with van der Waals surface area (Å²) in [6.45, 7) is 2.27. The first kappa shape index (κ1) is 13.7. The quantitative estimate of drug-likeness (QED) is 0.760. The summed E-state index contributed by atoms with van der Waals surface area (Å²) < 4.78 is 30.9. The smallest absolute Gasteiger partial charge is 0.239 e. The summed E-state index contributed by atoms with van der Waals surface area (Å²) in [6.07, 6.45) is 0. The maximum absolute atomic E-state index is 11.6. The Bertz CT molecular complexity index is 500. The molecule has 0 aromatic heterocycles. The van der Waals surface area contributed by atoms with Crippen molar-refractivity contribution >= 4 is 32.9 Å². The minimum atomic E-state index is -3.57. The van der Waals surface area contributed by atoms with Gasteiger partial charge in [-0.1, -0.05) is 24.4 Å². The van der Waals surface area contributed by atoms with Gasteiger partial charge in [-0.3, -0.25) is 4.72 Å². The third kappa shape index (κ3) is 4.58. The van der Waals surface area contributed by atoms with Gasteiger partial charge in [-0.05, 0) is 19.1 Å². The molecule has 0 aliphatic rings. The molecule has 0 amide bonds. The van der Waals surface area contributed by atoms with Gasteiger partial charge in [0.1, 0.15) is 11.5 Å². The summed E-state index contributed by atoms with van der Waals surface area (Å²) >= 11 is 4.57. The van der Waals surface area contributed by atoms with E-state index in [2.05, 4.69) is 16.9 Å². The number of nitrogens with one attached hydrogen (secondary N) is 1. The molecular weight excluding hydrogens is 260 g/mol. The lowest BCUT2D eigenvalue weighted by atomic mass is 10.3. The zero-order valence-electron chi connectivity index (χ0n) is 9.34. The van der Waals surface area contributed by atoms with Gasteiger partial charge in [-0.2, -0.15) is 0 Å². The normalized spacial score (nSPS) is 10.9. The Kier molecular flexibility index (Phi) is 4.71. The van der Waals surface area contributed by atoms with Crippen LogP contribution < -0.4 is 15.2 Å². The van der Waals surface area contributed by atoms with Gasteiger partial charge >= 0.3 is 0 Å². The first-order valence-corrected chi connectivity index (χ1v) is 7.01. The largest absolute Gasteiger partial charge is 0.492 e. The average Bonchev–Trinajstić information content (AvgIpc) is 2.18. The third-order valence-corrected chi connectivity index (χ3v) is 3.33. The molecule has 0 heterocycles. The number of benzene rings is 1. The summed E-state index contributed by atoms with van der Waals surface area (Å²) in [4.78, 5) is -0.0774. The average molecular weight is 274 g/mol. The molecule has 0 radical (unpaired) electrons. The van der Waals surface area contributed by atoms with Crippen LogP contribution in [0.15, 0.2) is 24.3 Å². The fraction of sp³-hybridized carbons (Fsp3) is 0.300. The Hall–Kier alpha value is -1.34. The van der Waals surface area contributed by atoms with Gasteiger partial charge in [-0.25, -0.2) is 8.42 Å². The summed E-state index contributed by atoms with van der Waals surface area (Å²) in [6, 6.07) is 6.77. The highest BCUT2D eigenvalue weighted by molar-refractivity contribution is 7.95. The Labute approximate surface area is 106 Å². The molecule has 1 aromatic carbocycles. The number of hydrogen-bond acceptors (Lipinski definition) is 4. The molecule has 0 saturated carbocycles. The Morgan fingerprint density at radius 3 is 2.71 bits per heavy atom. The van der Waals surface area contributed by atoms with Gasteiger partial charge in [0.15, 0.2) is 0 Å². The lowest BCUT2D eigenvalue weighted by Crippen LogP contribution is -2.26. The van der Waals surface area contributed by atoms with Crippen LogP contribution in [0.3, 0.4) is 0 Å². The minimum Gasteiger partial charge on any atom is -0.492 e. The van der Waals surface area contributed by atoms with Gasteiger partial charge in [-0.15, -0.1) is 0 Å². The van der Waals surface area contributed by atoms with E-state index in [0.29, 0.717) is 18.0 Å². The van der Waals surface area contributed by atoms with Crippen LogP contribution in [0.1, 0.15) is 6.92 Å². The number of hydrogen-bond donors (Lipinski definition) is 2. The molecule has 94 valence electrons. The summed E-state index contributed by atoms with van der Waals surface area (Å²) in [5.74, 6) is 0.0875. The lowest BCUT2D eigenvalue weighted by Gasteiger charge is -2.12. The second-order valence-corrected chi connectivity index (χ2v) is 5.50. The van der Waals surface area contributed by atoms with E-state index in [0.717, 1.165) is 0 Å². The summed E-state index contributed by atoms with van der Waals surface area (Å²) in [7, 11) is -3.57. The van der Waals surface area contributed by atoms with Crippen LogP contribution in [0.2, 0.25) is 0 Å². The van der Waals surface area contributed by atoms with Crippen molar-refractivity contribution in [2.45, 2.75) is 6.92 Å². The Balaban J connectivity index is 2.91. The number of nitrogens with two attached hydrogens (primary N) is 1. The predicted molar refractivity (Wildman–Crippen MR) is 71.8 cm³/mol. The molecule has 0 bridgehead atoms. The molecule has 5 nitrogen and oxygen atoms in total. The molecule has 3 N–H and O–H groups in total. The second-order valence-electron chi connectivity index (χ2n) is 3.26. The molecule has 0 aliphatic carbocycles. The van der Waals surface area contributed by atoms with Crippen LogP contribution in [0.4, 0.5) is 5.69 Å². The molecule has 0 fully saturated rings. The Morgan fingerprint density at radius 1 is 1.47 bits per heavy atom. The second kappa shape index (κ2) is 5.83. The highest BCUT2D eigenvalue weighted by Crippen LogP contribution is 2.24. The van der Waals surface area contributed by atoms with Crippen LogP contribution in [0.5, 0.6) is 5.75 Å². The number of rotatable bonds is 6. The highest BCUT2D eigenvalue weighted by Gasteiger charge is 2.14. The lowest BCUT2D eigenvalue weighted by molar-refractivity contribution is 0.342. The van der Waals surface area contributed by atoms with Crippen LogP contribution in [-0.4, -0.2) is 25.8 Å². The van der Waals surface area contributed by atoms with Crippen molar-refractivity contribution in [1.82, 2.24) is 0 Å². The van der Waals surface area contributed by atoms with Gasteiger partial charge in [0.25, 0.3) is 0 Å². The fourth-order valence-electron chi connectivity index (χ4n) is 1.22. The van der Waals surface area contributed by atoms with Crippen molar-refractivity contribution in [2.75, 3.05) is 17.1 Å². The van der Waals surface area contributed by atoms with E-state index in [4.69, 9.17) is 10.5 Å². The monoisotopic (exact) mass is 274 g/mol. The topological polar surface area (TPSA) is 81.4 Å². The standard InChI is InChI=1S/C10H14N2O3S2/c1-2-15-9-6-4-3-5-8(9)12-17(13,14)7-10(11)16/h3-6,12H,2,7H2,1H3,(H2,11,16). The van der Waals surface area contributed by atoms with Crippen molar-refractivity contribution in [3.8, 4) is 5.75 Å². The first-order chi connectivity index (χ1) is 7.94. The molecule has 17 heavy (non-hydrogen) atoms. The van der Waals surface area contributed by atoms with Gasteiger partial charge < -0.3 is 10.5 Å². The molecular formula is C10H14N2O3S2. The maximum Gasteiger partial charge on any atom is 0.239 e. The van der Waals surface area contributed by atoms with Gasteiger partial charge in [0.05, 0.1) is 17.3 Å². The summed E-state index contributed by atoms with van der Waals surface area (Å²) in [5, 5.41) is 0. The number of para-hydroxylation sites is 2. The number of sulfonamides is 1. The molecule has 0 spiro atoms. The maximum atomic E-state index is 11.6. The van der Waals surface area contributed by atoms with Crippen molar-refractivity contribution in [1.29, 1.82) is 0 Å². The molecule has 0 saturated heterocycles. The Morgan fingerprint density at radius 2 is 2.12 bits per heavy atom. The highest BCUT2D eigenvalue weighted by atomic mass is 32.2. The van der Waals surface area contributed by atoms with E-state index >= 15 is 0 Å². The third-order valence-electron chi connectivity index (χ3n) is 1.78.